The maximum Gasteiger partial charge on any atom is 0.170 e. The first-order valence-corrected chi connectivity index (χ1v) is 4.86. The molecule has 0 fully saturated rings. The van der Waals surface area contributed by atoms with Gasteiger partial charge in [0, 0.05) is 18.4 Å². The van der Waals surface area contributed by atoms with Crippen LogP contribution < -0.4 is 5.73 Å². The van der Waals surface area contributed by atoms with E-state index in [0.29, 0.717) is 17.9 Å². The molecule has 0 aromatic heterocycles. The number of carbonyl (C=O) groups excluding carboxylic acids is 1. The Kier molecular flexibility index (Phi) is 3.48. The van der Waals surface area contributed by atoms with Crippen LogP contribution in [0.15, 0.2) is 24.3 Å². The highest BCUT2D eigenvalue weighted by atomic mass is 16.5. The molecular formula is C12H17NO2. The molecule has 1 aromatic carbocycles. The maximum absolute atomic E-state index is 12.0. The number of hydrogen-bond acceptors (Lipinski definition) is 3. The van der Waals surface area contributed by atoms with E-state index in [1.165, 1.54) is 0 Å². The summed E-state index contributed by atoms with van der Waals surface area (Å²) in [6, 6.07) is 6.95. The van der Waals surface area contributed by atoms with Crippen molar-refractivity contribution in [2.75, 3.05) is 19.5 Å². The molecular weight excluding hydrogens is 190 g/mol. The van der Waals surface area contributed by atoms with Gasteiger partial charge in [0.15, 0.2) is 5.78 Å². The third-order valence-electron chi connectivity index (χ3n) is 2.29. The molecule has 0 aliphatic rings. The Bertz CT molecular complexity index is 341. The zero-order chi connectivity index (χ0) is 11.5. The fraction of sp³-hybridized carbons (Fsp3) is 0.417. The second-order valence-corrected chi connectivity index (χ2v) is 4.27. The normalized spacial score (nSPS) is 11.4. The van der Waals surface area contributed by atoms with Crippen molar-refractivity contribution in [2.45, 2.75) is 13.8 Å². The molecule has 0 spiro atoms. The number of nitrogen functional groups attached to an aromatic ring is 1. The predicted molar refractivity (Wildman–Crippen MR) is 60.8 cm³/mol. The molecule has 0 aliphatic heterocycles. The van der Waals surface area contributed by atoms with E-state index >= 15 is 0 Å². The van der Waals surface area contributed by atoms with E-state index in [9.17, 15) is 4.79 Å². The summed E-state index contributed by atoms with van der Waals surface area (Å²) < 4.78 is 5.03. The molecule has 0 radical (unpaired) electrons. The van der Waals surface area contributed by atoms with Crippen LogP contribution in [0.3, 0.4) is 0 Å². The molecule has 2 N–H and O–H groups in total. The number of rotatable bonds is 4. The summed E-state index contributed by atoms with van der Waals surface area (Å²) in [4.78, 5) is 12.0. The Morgan fingerprint density at radius 2 is 1.87 bits per heavy atom. The minimum Gasteiger partial charge on any atom is -0.399 e. The number of methoxy groups -OCH3 is 1. The SMILES string of the molecule is COCC(C)(C)C(=O)c1ccc(N)cc1. The summed E-state index contributed by atoms with van der Waals surface area (Å²) in [6.45, 7) is 4.15. The average molecular weight is 207 g/mol. The third-order valence-corrected chi connectivity index (χ3v) is 2.29. The minimum atomic E-state index is -0.495. The topological polar surface area (TPSA) is 52.3 Å². The second kappa shape index (κ2) is 4.45. The van der Waals surface area contributed by atoms with Gasteiger partial charge < -0.3 is 10.5 Å². The molecule has 0 saturated heterocycles. The summed E-state index contributed by atoms with van der Waals surface area (Å²) in [6.07, 6.45) is 0. The molecule has 0 unspecified atom stereocenters. The fourth-order valence-corrected chi connectivity index (χ4v) is 1.45. The van der Waals surface area contributed by atoms with Gasteiger partial charge >= 0.3 is 0 Å². The molecule has 0 aliphatic carbocycles. The van der Waals surface area contributed by atoms with Crippen LogP contribution in [0.25, 0.3) is 0 Å². The van der Waals surface area contributed by atoms with Gasteiger partial charge in [-0.05, 0) is 24.3 Å². The zero-order valence-corrected chi connectivity index (χ0v) is 9.41. The standard InChI is InChI=1S/C12H17NO2/c1-12(2,8-15-3)11(14)9-4-6-10(13)7-5-9/h4-7H,8,13H2,1-3H3. The number of Topliss-reactive ketones (excluding diaryl/α,β-unsaturated/α-hetero) is 1. The van der Waals surface area contributed by atoms with Gasteiger partial charge in [0.1, 0.15) is 0 Å². The first kappa shape index (κ1) is 11.7. The van der Waals surface area contributed by atoms with Crippen LogP contribution in [0.1, 0.15) is 24.2 Å². The molecule has 0 heterocycles. The van der Waals surface area contributed by atoms with Gasteiger partial charge in [-0.2, -0.15) is 0 Å². The number of benzene rings is 1. The Balaban J connectivity index is 2.89. The fourth-order valence-electron chi connectivity index (χ4n) is 1.45. The molecule has 3 nitrogen and oxygen atoms in total. The molecule has 82 valence electrons. The number of anilines is 1. The number of hydrogen-bond donors (Lipinski definition) is 1. The van der Waals surface area contributed by atoms with Gasteiger partial charge in [-0.25, -0.2) is 0 Å². The Labute approximate surface area is 90.2 Å². The van der Waals surface area contributed by atoms with Gasteiger partial charge in [0.2, 0.25) is 0 Å². The molecule has 1 aromatic rings. The third kappa shape index (κ3) is 2.80. The monoisotopic (exact) mass is 207 g/mol. The summed E-state index contributed by atoms with van der Waals surface area (Å²) in [5.41, 5.74) is 6.40. The number of nitrogens with two attached hydrogens (primary N) is 1. The minimum absolute atomic E-state index is 0.0735. The van der Waals surface area contributed by atoms with E-state index in [-0.39, 0.29) is 5.78 Å². The van der Waals surface area contributed by atoms with Crippen LogP contribution >= 0.6 is 0 Å². The highest BCUT2D eigenvalue weighted by Gasteiger charge is 2.28. The van der Waals surface area contributed by atoms with Gasteiger partial charge in [-0.3, -0.25) is 4.79 Å². The van der Waals surface area contributed by atoms with Crippen LogP contribution in [0, 0.1) is 5.41 Å². The molecule has 3 heteroatoms. The van der Waals surface area contributed by atoms with Crippen molar-refractivity contribution in [3.8, 4) is 0 Å². The van der Waals surface area contributed by atoms with Gasteiger partial charge in [0.25, 0.3) is 0 Å². The van der Waals surface area contributed by atoms with Crippen molar-refractivity contribution in [3.63, 3.8) is 0 Å². The summed E-state index contributed by atoms with van der Waals surface area (Å²) >= 11 is 0. The van der Waals surface area contributed by atoms with Crippen molar-refractivity contribution in [3.05, 3.63) is 29.8 Å². The van der Waals surface area contributed by atoms with E-state index < -0.39 is 5.41 Å². The van der Waals surface area contributed by atoms with Crippen LogP contribution in [-0.4, -0.2) is 19.5 Å². The first-order valence-electron chi connectivity index (χ1n) is 4.86. The van der Waals surface area contributed by atoms with E-state index in [4.69, 9.17) is 10.5 Å². The largest absolute Gasteiger partial charge is 0.399 e. The van der Waals surface area contributed by atoms with Crippen LogP contribution in [0.2, 0.25) is 0 Å². The number of carbonyl (C=O) groups is 1. The smallest absolute Gasteiger partial charge is 0.170 e. The van der Waals surface area contributed by atoms with Crippen molar-refractivity contribution >= 4 is 11.5 Å². The van der Waals surface area contributed by atoms with Crippen molar-refractivity contribution < 1.29 is 9.53 Å². The molecule has 0 atom stereocenters. The first-order chi connectivity index (χ1) is 6.97. The Hall–Kier alpha value is -1.35. The number of ether oxygens (including phenoxy) is 1. The van der Waals surface area contributed by atoms with E-state index in [0.717, 1.165) is 0 Å². The summed E-state index contributed by atoms with van der Waals surface area (Å²) in [5, 5.41) is 0. The summed E-state index contributed by atoms with van der Waals surface area (Å²) in [7, 11) is 1.60. The van der Waals surface area contributed by atoms with E-state index in [1.54, 1.807) is 31.4 Å². The summed E-state index contributed by atoms with van der Waals surface area (Å²) in [5.74, 6) is 0.0735. The van der Waals surface area contributed by atoms with Crippen LogP contribution in [0.5, 0.6) is 0 Å². The Morgan fingerprint density at radius 3 is 2.33 bits per heavy atom. The molecule has 0 bridgehead atoms. The lowest BCUT2D eigenvalue weighted by Crippen LogP contribution is -2.29. The highest BCUT2D eigenvalue weighted by molar-refractivity contribution is 6.00. The molecule has 1 rings (SSSR count). The second-order valence-electron chi connectivity index (χ2n) is 4.27. The van der Waals surface area contributed by atoms with E-state index in [2.05, 4.69) is 0 Å². The molecule has 0 amide bonds. The lowest BCUT2D eigenvalue weighted by molar-refractivity contribution is 0.0632. The lowest BCUT2D eigenvalue weighted by atomic mass is 9.85. The average Bonchev–Trinajstić information content (AvgIpc) is 2.18. The van der Waals surface area contributed by atoms with Crippen molar-refractivity contribution in [1.82, 2.24) is 0 Å². The lowest BCUT2D eigenvalue weighted by Gasteiger charge is -2.21. The highest BCUT2D eigenvalue weighted by Crippen LogP contribution is 2.22. The van der Waals surface area contributed by atoms with Gasteiger partial charge in [0.05, 0.1) is 12.0 Å². The maximum atomic E-state index is 12.0. The molecule has 15 heavy (non-hydrogen) atoms. The van der Waals surface area contributed by atoms with Crippen molar-refractivity contribution in [2.24, 2.45) is 5.41 Å². The van der Waals surface area contributed by atoms with Crippen LogP contribution in [0.4, 0.5) is 5.69 Å². The molecule has 0 saturated carbocycles. The predicted octanol–water partition coefficient (Wildman–Crippen LogP) is 2.12. The van der Waals surface area contributed by atoms with Crippen molar-refractivity contribution in [1.29, 1.82) is 0 Å². The van der Waals surface area contributed by atoms with Gasteiger partial charge in [-0.1, -0.05) is 13.8 Å². The van der Waals surface area contributed by atoms with Crippen LogP contribution in [-0.2, 0) is 4.74 Å². The number of ketones is 1. The quantitative estimate of drug-likeness (QED) is 0.607. The van der Waals surface area contributed by atoms with E-state index in [1.807, 2.05) is 13.8 Å². The van der Waals surface area contributed by atoms with Gasteiger partial charge in [-0.15, -0.1) is 0 Å². The Morgan fingerprint density at radius 1 is 1.33 bits per heavy atom. The zero-order valence-electron chi connectivity index (χ0n) is 9.41.